The number of carbonyl (C=O) groups excluding carboxylic acids is 1. The summed E-state index contributed by atoms with van der Waals surface area (Å²) in [7, 11) is 0. The lowest BCUT2D eigenvalue weighted by molar-refractivity contribution is -0.135. The zero-order valence-corrected chi connectivity index (χ0v) is 20.3. The number of fused-ring (bicyclic) bond motifs is 3. The van der Waals surface area contributed by atoms with E-state index in [2.05, 4.69) is 59.3 Å². The van der Waals surface area contributed by atoms with Crippen LogP contribution in [0.1, 0.15) is 57.3 Å². The molecule has 0 radical (unpaired) electrons. The van der Waals surface area contributed by atoms with Crippen molar-refractivity contribution in [3.8, 4) is 0 Å². The van der Waals surface area contributed by atoms with Crippen LogP contribution in [0.5, 0.6) is 0 Å². The van der Waals surface area contributed by atoms with Crippen molar-refractivity contribution in [2.24, 2.45) is 0 Å². The maximum absolute atomic E-state index is 13.5. The van der Waals surface area contributed by atoms with Gasteiger partial charge in [-0.1, -0.05) is 63.2 Å². The molecule has 34 heavy (non-hydrogen) atoms. The summed E-state index contributed by atoms with van der Waals surface area (Å²) in [5, 5.41) is 10.0. The summed E-state index contributed by atoms with van der Waals surface area (Å²) in [4.78, 5) is 22.9. The van der Waals surface area contributed by atoms with E-state index in [1.807, 2.05) is 47.4 Å². The third kappa shape index (κ3) is 3.79. The molecule has 0 unspecified atom stereocenters. The first kappa shape index (κ1) is 22.3. The van der Waals surface area contributed by atoms with E-state index in [0.29, 0.717) is 13.1 Å². The molecular weight excluding hydrogens is 424 g/mol. The van der Waals surface area contributed by atoms with E-state index in [4.69, 9.17) is 4.98 Å². The monoisotopic (exact) mass is 456 g/mol. The van der Waals surface area contributed by atoms with E-state index in [0.717, 1.165) is 46.9 Å². The molecule has 7 heteroatoms. The van der Waals surface area contributed by atoms with Crippen LogP contribution >= 0.6 is 0 Å². The molecule has 1 aliphatic rings. The highest BCUT2D eigenvalue weighted by atomic mass is 16.2. The molecule has 2 aromatic carbocycles. The number of benzene rings is 2. The first-order valence-corrected chi connectivity index (χ1v) is 12.2. The highest BCUT2D eigenvalue weighted by Gasteiger charge is 2.33. The Kier molecular flexibility index (Phi) is 5.94. The van der Waals surface area contributed by atoms with Gasteiger partial charge in [0.15, 0.2) is 5.65 Å². The van der Waals surface area contributed by atoms with Crippen LogP contribution in [-0.2, 0) is 4.79 Å². The third-order valence-electron chi connectivity index (χ3n) is 6.87. The van der Waals surface area contributed by atoms with E-state index in [-0.39, 0.29) is 23.8 Å². The Hall–Kier alpha value is -3.48. The Balaban J connectivity index is 1.47. The normalized spacial score (nSPS) is 17.6. The predicted molar refractivity (Wildman–Crippen MR) is 135 cm³/mol. The average molecular weight is 457 g/mol. The molecule has 0 N–H and O–H groups in total. The van der Waals surface area contributed by atoms with Gasteiger partial charge in [-0.05, 0) is 31.0 Å². The van der Waals surface area contributed by atoms with Crippen molar-refractivity contribution in [3.63, 3.8) is 0 Å². The molecule has 176 valence electrons. The van der Waals surface area contributed by atoms with Crippen molar-refractivity contribution in [1.29, 1.82) is 0 Å². The Morgan fingerprint density at radius 2 is 1.76 bits per heavy atom. The Morgan fingerprint density at radius 1 is 1.03 bits per heavy atom. The minimum Gasteiger partial charge on any atom is -0.338 e. The quantitative estimate of drug-likeness (QED) is 0.438. The zero-order chi connectivity index (χ0) is 23.8. The van der Waals surface area contributed by atoms with Crippen LogP contribution in [0.25, 0.3) is 16.6 Å². The van der Waals surface area contributed by atoms with Crippen LogP contribution in [0, 0.1) is 0 Å². The van der Waals surface area contributed by atoms with Gasteiger partial charge in [-0.15, -0.1) is 10.2 Å². The van der Waals surface area contributed by atoms with Gasteiger partial charge < -0.3 is 9.80 Å². The molecular formula is C27H32N6O. The first-order chi connectivity index (χ1) is 16.5. The second-order valence-corrected chi connectivity index (χ2v) is 9.50. The number of piperazine rings is 1. The van der Waals surface area contributed by atoms with Crippen molar-refractivity contribution >= 4 is 28.4 Å². The molecule has 1 aliphatic heterocycles. The maximum Gasteiger partial charge on any atom is 0.230 e. The number of anilines is 1. The molecule has 1 fully saturated rings. The molecule has 0 saturated carbocycles. The Bertz CT molecular complexity index is 1310. The molecule has 2 aromatic heterocycles. The average Bonchev–Trinajstić information content (AvgIpc) is 3.30. The van der Waals surface area contributed by atoms with Gasteiger partial charge in [0.2, 0.25) is 11.9 Å². The first-order valence-electron chi connectivity index (χ1n) is 12.2. The molecule has 0 spiro atoms. The number of carbonyl (C=O) groups is 1. The van der Waals surface area contributed by atoms with E-state index >= 15 is 0 Å². The fourth-order valence-electron chi connectivity index (χ4n) is 5.08. The fourth-order valence-corrected chi connectivity index (χ4v) is 5.08. The van der Waals surface area contributed by atoms with Gasteiger partial charge in [-0.3, -0.25) is 4.79 Å². The van der Waals surface area contributed by atoms with Crippen LogP contribution in [0.4, 0.5) is 5.95 Å². The molecule has 0 aliphatic carbocycles. The number of nitrogens with zero attached hydrogens (tertiary/aromatic N) is 6. The van der Waals surface area contributed by atoms with E-state index in [9.17, 15) is 4.79 Å². The van der Waals surface area contributed by atoms with Gasteiger partial charge in [-0.2, -0.15) is 0 Å². The summed E-state index contributed by atoms with van der Waals surface area (Å²) < 4.78 is 2.11. The summed E-state index contributed by atoms with van der Waals surface area (Å²) in [6, 6.07) is 18.3. The Labute approximate surface area is 200 Å². The van der Waals surface area contributed by atoms with Crippen LogP contribution in [0.3, 0.4) is 0 Å². The number of hydrogen-bond donors (Lipinski definition) is 0. The molecule has 7 nitrogen and oxygen atoms in total. The molecule has 2 atom stereocenters. The minimum absolute atomic E-state index is 0.0707. The van der Waals surface area contributed by atoms with Gasteiger partial charge in [-0.25, -0.2) is 9.38 Å². The van der Waals surface area contributed by atoms with Gasteiger partial charge in [0, 0.05) is 37.0 Å². The van der Waals surface area contributed by atoms with E-state index in [1.165, 1.54) is 0 Å². The van der Waals surface area contributed by atoms with Crippen molar-refractivity contribution < 1.29 is 4.79 Å². The SMILES string of the molecule is CC[C@H](C(=O)N1CCN(c2nc3ccccc3c3nnc(C(C)C)n23)C[C@H]1C)c1ccccc1. The van der Waals surface area contributed by atoms with Crippen molar-refractivity contribution in [2.75, 3.05) is 24.5 Å². The van der Waals surface area contributed by atoms with Crippen LogP contribution in [0.15, 0.2) is 54.6 Å². The summed E-state index contributed by atoms with van der Waals surface area (Å²) in [6.45, 7) is 10.6. The molecule has 4 aromatic rings. The number of amides is 1. The number of para-hydroxylation sites is 1. The third-order valence-corrected chi connectivity index (χ3v) is 6.87. The predicted octanol–water partition coefficient (Wildman–Crippen LogP) is 4.63. The molecule has 0 bridgehead atoms. The van der Waals surface area contributed by atoms with Crippen LogP contribution < -0.4 is 4.90 Å². The van der Waals surface area contributed by atoms with E-state index in [1.54, 1.807) is 0 Å². The zero-order valence-electron chi connectivity index (χ0n) is 20.3. The second-order valence-electron chi connectivity index (χ2n) is 9.50. The lowest BCUT2D eigenvalue weighted by atomic mass is 9.94. The maximum atomic E-state index is 13.5. The summed E-state index contributed by atoms with van der Waals surface area (Å²) in [6.07, 6.45) is 0.793. The lowest BCUT2D eigenvalue weighted by Crippen LogP contribution is -2.55. The largest absolute Gasteiger partial charge is 0.338 e. The molecule has 3 heterocycles. The van der Waals surface area contributed by atoms with Crippen LogP contribution in [0.2, 0.25) is 0 Å². The number of rotatable bonds is 5. The fraction of sp³-hybridized carbons (Fsp3) is 0.407. The smallest absolute Gasteiger partial charge is 0.230 e. The van der Waals surface area contributed by atoms with Gasteiger partial charge in [0.25, 0.3) is 0 Å². The van der Waals surface area contributed by atoms with Crippen molar-refractivity contribution in [3.05, 3.63) is 66.0 Å². The minimum atomic E-state index is -0.105. The number of aromatic nitrogens is 4. The second kappa shape index (κ2) is 9.05. The Morgan fingerprint density at radius 3 is 2.47 bits per heavy atom. The van der Waals surface area contributed by atoms with Crippen LogP contribution in [-0.4, -0.2) is 56.1 Å². The van der Waals surface area contributed by atoms with E-state index < -0.39 is 0 Å². The highest BCUT2D eigenvalue weighted by molar-refractivity contribution is 5.92. The topological polar surface area (TPSA) is 66.6 Å². The lowest BCUT2D eigenvalue weighted by Gasteiger charge is -2.41. The highest BCUT2D eigenvalue weighted by Crippen LogP contribution is 2.29. The molecule has 5 rings (SSSR count). The standard InChI is InChI=1S/C27H32N6O/c1-5-21(20-11-7-6-8-12-20)26(34)32-16-15-31(17-19(32)4)27-28-23-14-10-9-13-22(23)25-30-29-24(18(2)3)33(25)27/h6-14,18-19,21H,5,15-17H2,1-4H3/t19-,21+/m1/s1. The van der Waals surface area contributed by atoms with Gasteiger partial charge >= 0.3 is 0 Å². The van der Waals surface area contributed by atoms with Crippen molar-refractivity contribution in [2.45, 2.75) is 52.0 Å². The number of hydrogen-bond acceptors (Lipinski definition) is 5. The van der Waals surface area contributed by atoms with Gasteiger partial charge in [0.05, 0.1) is 11.4 Å². The summed E-state index contributed by atoms with van der Waals surface area (Å²) >= 11 is 0. The summed E-state index contributed by atoms with van der Waals surface area (Å²) in [5.74, 6) is 2.09. The molecule has 1 amide bonds. The van der Waals surface area contributed by atoms with Gasteiger partial charge in [0.1, 0.15) is 5.82 Å². The molecule has 1 saturated heterocycles. The van der Waals surface area contributed by atoms with Crippen molar-refractivity contribution in [1.82, 2.24) is 24.5 Å². The summed E-state index contributed by atoms with van der Waals surface area (Å²) in [5.41, 5.74) is 2.84.